The SMILES string of the molecule is c1ccc(-c2nc(-c3cccc4c3sc3ccccc34)nc(-c3cccc4sc5cc6c(cc5c34)-c3cccc4cccc-6c34)n2)cc1. The van der Waals surface area contributed by atoms with Crippen molar-refractivity contribution in [1.29, 1.82) is 0 Å². The third-order valence-electron chi connectivity index (χ3n) is 9.67. The van der Waals surface area contributed by atoms with Gasteiger partial charge in [-0.3, -0.25) is 0 Å². The lowest BCUT2D eigenvalue weighted by Crippen LogP contribution is -2.00. The first-order valence-corrected chi connectivity index (χ1v) is 17.7. The average molecular weight is 646 g/mol. The number of aromatic nitrogens is 3. The summed E-state index contributed by atoms with van der Waals surface area (Å²) in [4.78, 5) is 15.6. The van der Waals surface area contributed by atoms with Crippen molar-refractivity contribution in [2.24, 2.45) is 0 Å². The fourth-order valence-electron chi connectivity index (χ4n) is 7.55. The van der Waals surface area contributed by atoms with Crippen LogP contribution in [-0.2, 0) is 0 Å². The van der Waals surface area contributed by atoms with E-state index >= 15 is 0 Å². The fraction of sp³-hybridized carbons (Fsp3) is 0. The zero-order valence-corrected chi connectivity index (χ0v) is 27.1. The average Bonchev–Trinajstić information content (AvgIpc) is 3.81. The summed E-state index contributed by atoms with van der Waals surface area (Å²) in [5.74, 6) is 2.05. The predicted molar refractivity (Wildman–Crippen MR) is 204 cm³/mol. The molecule has 1 aliphatic carbocycles. The maximum atomic E-state index is 5.28. The molecule has 3 heterocycles. The largest absolute Gasteiger partial charge is 0.208 e. The normalized spacial score (nSPS) is 12.2. The summed E-state index contributed by atoms with van der Waals surface area (Å²) >= 11 is 3.64. The molecule has 222 valence electrons. The summed E-state index contributed by atoms with van der Waals surface area (Å²) in [7, 11) is 0. The number of hydrogen-bond donors (Lipinski definition) is 0. The quantitative estimate of drug-likeness (QED) is 0.192. The summed E-state index contributed by atoms with van der Waals surface area (Å²) in [6.45, 7) is 0. The van der Waals surface area contributed by atoms with Gasteiger partial charge in [-0.15, -0.1) is 22.7 Å². The molecule has 0 saturated heterocycles. The minimum Gasteiger partial charge on any atom is -0.208 e. The summed E-state index contributed by atoms with van der Waals surface area (Å²) < 4.78 is 4.96. The summed E-state index contributed by atoms with van der Waals surface area (Å²) in [6.07, 6.45) is 0. The van der Waals surface area contributed by atoms with E-state index < -0.39 is 0 Å². The molecule has 0 radical (unpaired) electrons. The van der Waals surface area contributed by atoms with E-state index in [4.69, 9.17) is 15.0 Å². The summed E-state index contributed by atoms with van der Waals surface area (Å²) in [5, 5.41) is 7.56. The van der Waals surface area contributed by atoms with Gasteiger partial charge in [0.05, 0.1) is 0 Å². The number of fused-ring (bicyclic) bond motifs is 9. The van der Waals surface area contributed by atoms with E-state index in [2.05, 4.69) is 121 Å². The van der Waals surface area contributed by atoms with Gasteiger partial charge < -0.3 is 0 Å². The van der Waals surface area contributed by atoms with Crippen LogP contribution < -0.4 is 0 Å². The van der Waals surface area contributed by atoms with Crippen molar-refractivity contribution < 1.29 is 0 Å². The number of nitrogens with zero attached hydrogens (tertiary/aromatic N) is 3. The molecule has 1 aliphatic rings. The second-order valence-electron chi connectivity index (χ2n) is 12.3. The Morgan fingerprint density at radius 2 is 0.979 bits per heavy atom. The van der Waals surface area contributed by atoms with Crippen molar-refractivity contribution in [2.75, 3.05) is 0 Å². The number of benzene rings is 7. The standard InChI is InChI=1S/C43H23N3S2/c1-2-10-25(11-3-1)41-44-42(46-43(45-41)31-19-8-17-29-26-14-4-5-20-35(26)48-40(29)31)30-18-9-21-36-39(30)34-22-32-27-15-6-12-24-13-7-16-28(38(24)27)33(32)23-37(34)47-36/h1-23H. The zero-order chi connectivity index (χ0) is 31.3. The Labute approximate surface area is 283 Å². The molecule has 7 aromatic carbocycles. The zero-order valence-electron chi connectivity index (χ0n) is 25.4. The van der Waals surface area contributed by atoms with Crippen LogP contribution in [0.15, 0.2) is 140 Å². The van der Waals surface area contributed by atoms with Crippen molar-refractivity contribution in [3.63, 3.8) is 0 Å². The van der Waals surface area contributed by atoms with E-state index in [-0.39, 0.29) is 0 Å². The van der Waals surface area contributed by atoms with Crippen LogP contribution in [0.4, 0.5) is 0 Å². The molecular weight excluding hydrogens is 623 g/mol. The lowest BCUT2D eigenvalue weighted by molar-refractivity contribution is 1.08. The molecule has 0 N–H and O–H groups in total. The van der Waals surface area contributed by atoms with Crippen LogP contribution >= 0.6 is 22.7 Å². The van der Waals surface area contributed by atoms with Crippen molar-refractivity contribution in [2.45, 2.75) is 0 Å². The molecule has 11 rings (SSSR count). The molecule has 5 heteroatoms. The van der Waals surface area contributed by atoms with Crippen LogP contribution in [0, 0.1) is 0 Å². The Morgan fingerprint density at radius 3 is 1.83 bits per heavy atom. The van der Waals surface area contributed by atoms with Gasteiger partial charge in [0.2, 0.25) is 0 Å². The van der Waals surface area contributed by atoms with Crippen molar-refractivity contribution >= 4 is 73.8 Å². The molecule has 3 nitrogen and oxygen atoms in total. The van der Waals surface area contributed by atoms with E-state index in [1.54, 1.807) is 11.3 Å². The van der Waals surface area contributed by atoms with Crippen molar-refractivity contribution in [1.82, 2.24) is 15.0 Å². The van der Waals surface area contributed by atoms with Crippen LogP contribution in [-0.4, -0.2) is 15.0 Å². The van der Waals surface area contributed by atoms with Crippen LogP contribution in [0.3, 0.4) is 0 Å². The van der Waals surface area contributed by atoms with E-state index in [0.717, 1.165) is 16.7 Å². The van der Waals surface area contributed by atoms with Gasteiger partial charge in [0.25, 0.3) is 0 Å². The van der Waals surface area contributed by atoms with Gasteiger partial charge in [-0.05, 0) is 63.4 Å². The minimum atomic E-state index is 0.674. The Bertz CT molecular complexity index is 2950. The van der Waals surface area contributed by atoms with Gasteiger partial charge in [-0.25, -0.2) is 15.0 Å². The smallest absolute Gasteiger partial charge is 0.165 e. The highest BCUT2D eigenvalue weighted by Gasteiger charge is 2.24. The van der Waals surface area contributed by atoms with Crippen LogP contribution in [0.1, 0.15) is 0 Å². The van der Waals surface area contributed by atoms with Gasteiger partial charge >= 0.3 is 0 Å². The van der Waals surface area contributed by atoms with Gasteiger partial charge in [-0.2, -0.15) is 0 Å². The molecule has 0 amide bonds. The molecule has 48 heavy (non-hydrogen) atoms. The van der Waals surface area contributed by atoms with Gasteiger partial charge in [0.15, 0.2) is 17.5 Å². The molecule has 0 bridgehead atoms. The first-order chi connectivity index (χ1) is 23.8. The Hall–Kier alpha value is -5.75. The molecule has 0 fully saturated rings. The lowest BCUT2D eigenvalue weighted by Gasteiger charge is -2.10. The fourth-order valence-corrected chi connectivity index (χ4v) is 9.92. The van der Waals surface area contributed by atoms with E-state index in [9.17, 15) is 0 Å². The number of rotatable bonds is 3. The second kappa shape index (κ2) is 9.88. The summed E-state index contributed by atoms with van der Waals surface area (Å²) in [5.41, 5.74) is 8.26. The van der Waals surface area contributed by atoms with Crippen molar-refractivity contribution in [3.05, 3.63) is 140 Å². The van der Waals surface area contributed by atoms with Crippen LogP contribution in [0.5, 0.6) is 0 Å². The molecule has 10 aromatic rings. The van der Waals surface area contributed by atoms with Crippen molar-refractivity contribution in [3.8, 4) is 56.4 Å². The highest BCUT2D eigenvalue weighted by molar-refractivity contribution is 7.26. The highest BCUT2D eigenvalue weighted by Crippen LogP contribution is 2.51. The molecular formula is C43H23N3S2. The van der Waals surface area contributed by atoms with Crippen LogP contribution in [0.25, 0.3) is 108 Å². The van der Waals surface area contributed by atoms with E-state index in [0.29, 0.717) is 17.5 Å². The first kappa shape index (κ1) is 26.3. The van der Waals surface area contributed by atoms with E-state index in [1.807, 2.05) is 29.5 Å². The molecule has 0 unspecified atom stereocenters. The Kier molecular flexibility index (Phi) is 5.42. The molecule has 3 aromatic heterocycles. The predicted octanol–water partition coefficient (Wildman–Crippen LogP) is 12.4. The minimum absolute atomic E-state index is 0.674. The molecule has 0 saturated carbocycles. The second-order valence-corrected chi connectivity index (χ2v) is 14.5. The molecule has 0 aliphatic heterocycles. The Morgan fingerprint density at radius 1 is 0.354 bits per heavy atom. The summed E-state index contributed by atoms with van der Waals surface area (Å²) in [6, 6.07) is 49.9. The third-order valence-corrected chi connectivity index (χ3v) is 12.0. The number of thiophene rings is 2. The number of hydrogen-bond acceptors (Lipinski definition) is 5. The van der Waals surface area contributed by atoms with Crippen LogP contribution in [0.2, 0.25) is 0 Å². The molecule has 0 spiro atoms. The topological polar surface area (TPSA) is 38.7 Å². The van der Waals surface area contributed by atoms with Gasteiger partial charge in [-0.1, -0.05) is 109 Å². The van der Waals surface area contributed by atoms with E-state index in [1.165, 1.54) is 73.4 Å². The maximum Gasteiger partial charge on any atom is 0.165 e. The van der Waals surface area contributed by atoms with Gasteiger partial charge in [0.1, 0.15) is 0 Å². The monoisotopic (exact) mass is 645 g/mol. The highest BCUT2D eigenvalue weighted by atomic mass is 32.1. The first-order valence-electron chi connectivity index (χ1n) is 16.0. The Balaban J connectivity index is 1.18. The van der Waals surface area contributed by atoms with Gasteiger partial charge in [0, 0.05) is 57.0 Å². The maximum absolute atomic E-state index is 5.28. The lowest BCUT2D eigenvalue weighted by atomic mass is 9.99. The molecule has 0 atom stereocenters. The third kappa shape index (κ3) is 3.71.